The fourth-order valence-corrected chi connectivity index (χ4v) is 5.52. The summed E-state index contributed by atoms with van der Waals surface area (Å²) in [4.78, 5) is 30.8. The van der Waals surface area contributed by atoms with E-state index in [2.05, 4.69) is 31.9 Å². The number of aromatic nitrogens is 2. The normalized spacial score (nSPS) is 16.3. The summed E-state index contributed by atoms with van der Waals surface area (Å²) in [6.45, 7) is 3.83. The molecule has 2 heterocycles. The van der Waals surface area contributed by atoms with Crippen LogP contribution in [0.3, 0.4) is 0 Å². The molecule has 2 aromatic carbocycles. The van der Waals surface area contributed by atoms with E-state index >= 15 is 0 Å². The highest BCUT2D eigenvalue weighted by Crippen LogP contribution is 2.36. The van der Waals surface area contributed by atoms with Crippen LogP contribution in [0.4, 0.5) is 40.2 Å². The highest BCUT2D eigenvalue weighted by molar-refractivity contribution is 6.30. The Balaban J connectivity index is 1.49. The topological polar surface area (TPSA) is 107 Å². The van der Waals surface area contributed by atoms with Gasteiger partial charge in [0.2, 0.25) is 5.95 Å². The molecule has 1 saturated carbocycles. The van der Waals surface area contributed by atoms with Gasteiger partial charge in [-0.3, -0.25) is 4.79 Å². The molecular formula is C31H40N8O2. The molecule has 1 aliphatic heterocycles. The van der Waals surface area contributed by atoms with Gasteiger partial charge in [-0.15, -0.1) is 0 Å². The van der Waals surface area contributed by atoms with Crippen molar-refractivity contribution in [3.8, 4) is 5.75 Å². The van der Waals surface area contributed by atoms with Gasteiger partial charge in [-0.2, -0.15) is 4.98 Å². The third-order valence-electron chi connectivity index (χ3n) is 7.90. The lowest BCUT2D eigenvalue weighted by molar-refractivity contribution is -0.103. The van der Waals surface area contributed by atoms with Gasteiger partial charge >= 0.3 is 0 Å². The van der Waals surface area contributed by atoms with E-state index in [1.165, 1.54) is 6.42 Å². The maximum atomic E-state index is 12.1. The Labute approximate surface area is 242 Å². The first-order chi connectivity index (χ1) is 20.1. The van der Waals surface area contributed by atoms with E-state index in [0.717, 1.165) is 80.9 Å². The van der Waals surface area contributed by atoms with Crippen LogP contribution < -0.4 is 30.5 Å². The summed E-state index contributed by atoms with van der Waals surface area (Å²) in [6, 6.07) is 14.2. The summed E-state index contributed by atoms with van der Waals surface area (Å²) >= 11 is 0. The van der Waals surface area contributed by atoms with Gasteiger partial charge in [0, 0.05) is 69.3 Å². The molecule has 2 fully saturated rings. The van der Waals surface area contributed by atoms with Crippen LogP contribution in [-0.2, 0) is 4.79 Å². The first-order valence-electron chi connectivity index (χ1n) is 14.4. The first kappa shape index (κ1) is 28.4. The van der Waals surface area contributed by atoms with E-state index < -0.39 is 0 Å². The van der Waals surface area contributed by atoms with E-state index in [0.29, 0.717) is 28.9 Å². The Morgan fingerprint density at radius 3 is 2.68 bits per heavy atom. The van der Waals surface area contributed by atoms with Crippen molar-refractivity contribution in [1.82, 2.24) is 15.3 Å². The molecule has 41 heavy (non-hydrogen) atoms. The molecule has 5 rings (SSSR count). The van der Waals surface area contributed by atoms with Crippen LogP contribution in [0.1, 0.15) is 32.1 Å². The van der Waals surface area contributed by atoms with Gasteiger partial charge in [0.05, 0.1) is 24.7 Å². The Morgan fingerprint density at radius 2 is 1.95 bits per heavy atom. The summed E-state index contributed by atoms with van der Waals surface area (Å²) in [7, 11) is 5.51. The Morgan fingerprint density at radius 1 is 1.15 bits per heavy atom. The number of nitrogens with one attached hydrogen (secondary N) is 3. The number of benzene rings is 2. The van der Waals surface area contributed by atoms with Gasteiger partial charge in [0.15, 0.2) is 12.1 Å². The van der Waals surface area contributed by atoms with Crippen LogP contribution in [0.5, 0.6) is 5.75 Å². The number of ether oxygens (including phenoxy) is 1. The van der Waals surface area contributed by atoms with Crippen LogP contribution in [0, 0.1) is 5.92 Å². The number of aldehydes is 1. The highest BCUT2D eigenvalue weighted by Gasteiger charge is 2.22. The molecule has 3 N–H and O–H groups in total. The number of anilines is 6. The fraction of sp³-hybridized carbons (Fsp3) is 0.419. The molecule has 10 heteroatoms. The van der Waals surface area contributed by atoms with Gasteiger partial charge < -0.3 is 30.5 Å². The number of hydrogen-bond donors (Lipinski definition) is 3. The van der Waals surface area contributed by atoms with Crippen molar-refractivity contribution in [3.63, 3.8) is 0 Å². The van der Waals surface area contributed by atoms with Crippen molar-refractivity contribution < 1.29 is 9.53 Å². The van der Waals surface area contributed by atoms with Crippen molar-refractivity contribution in [2.75, 3.05) is 67.8 Å². The van der Waals surface area contributed by atoms with E-state index in [1.807, 2.05) is 55.4 Å². The summed E-state index contributed by atoms with van der Waals surface area (Å²) in [5.74, 6) is 1.89. The maximum absolute atomic E-state index is 12.1. The van der Waals surface area contributed by atoms with Gasteiger partial charge in [-0.1, -0.05) is 25.3 Å². The molecule has 2 aliphatic rings. The number of rotatable bonds is 10. The number of hydrogen-bond acceptors (Lipinski definition) is 10. The van der Waals surface area contributed by atoms with E-state index in [1.54, 1.807) is 13.3 Å². The Bertz CT molecular complexity index is 1370. The van der Waals surface area contributed by atoms with E-state index in [-0.39, 0.29) is 5.92 Å². The molecule has 1 aromatic heterocycles. The minimum atomic E-state index is 0.170. The molecule has 1 saturated heterocycles. The second-order valence-electron chi connectivity index (χ2n) is 10.5. The standard InChI is InChI=1S/C31H40N8O2/c1-32-23-10-7-11-24(18-23)38(2)30-27(35-28(21-40)22-8-5-4-6-9-22)20-34-31(37-30)36-26-13-12-25(19-29(26)41-3)39-16-14-33-15-17-39/h7,10-13,18-22,32-33H,4-6,8-9,14-17H2,1-3H3,(H,34,36,37)/b35-28+. The number of methoxy groups -OCH3 is 1. The quantitative estimate of drug-likeness (QED) is 0.227. The second-order valence-corrected chi connectivity index (χ2v) is 10.5. The third-order valence-corrected chi connectivity index (χ3v) is 7.90. The molecule has 10 nitrogen and oxygen atoms in total. The highest BCUT2D eigenvalue weighted by atomic mass is 16.5. The number of carbonyl (C=O) groups is 1. The lowest BCUT2D eigenvalue weighted by Crippen LogP contribution is -2.43. The molecule has 0 unspecified atom stereocenters. The maximum Gasteiger partial charge on any atom is 0.229 e. The van der Waals surface area contributed by atoms with Crippen LogP contribution in [0.25, 0.3) is 0 Å². The summed E-state index contributed by atoms with van der Waals surface area (Å²) in [6.07, 6.45) is 8.01. The predicted octanol–water partition coefficient (Wildman–Crippen LogP) is 5.30. The monoisotopic (exact) mass is 556 g/mol. The van der Waals surface area contributed by atoms with Crippen molar-refractivity contribution >= 4 is 52.2 Å². The molecule has 0 atom stereocenters. The van der Waals surface area contributed by atoms with Crippen molar-refractivity contribution in [3.05, 3.63) is 48.7 Å². The van der Waals surface area contributed by atoms with Gasteiger partial charge in [0.1, 0.15) is 11.4 Å². The zero-order valence-corrected chi connectivity index (χ0v) is 24.2. The minimum absolute atomic E-state index is 0.170. The average Bonchev–Trinajstić information content (AvgIpc) is 3.04. The zero-order chi connectivity index (χ0) is 28.6. The molecule has 0 spiro atoms. The summed E-state index contributed by atoms with van der Waals surface area (Å²) < 4.78 is 5.74. The number of aliphatic imine (C=N–C) groups is 1. The van der Waals surface area contributed by atoms with E-state index in [9.17, 15) is 4.79 Å². The Kier molecular flexibility index (Phi) is 9.30. The second kappa shape index (κ2) is 13.5. The molecular weight excluding hydrogens is 516 g/mol. The predicted molar refractivity (Wildman–Crippen MR) is 167 cm³/mol. The van der Waals surface area contributed by atoms with Gasteiger partial charge in [-0.25, -0.2) is 9.98 Å². The van der Waals surface area contributed by atoms with Crippen LogP contribution in [-0.4, -0.2) is 69.3 Å². The summed E-state index contributed by atoms with van der Waals surface area (Å²) in [5.41, 5.74) is 4.93. The van der Waals surface area contributed by atoms with Crippen molar-refractivity contribution in [2.24, 2.45) is 10.9 Å². The van der Waals surface area contributed by atoms with E-state index in [4.69, 9.17) is 14.7 Å². The minimum Gasteiger partial charge on any atom is -0.494 e. The summed E-state index contributed by atoms with van der Waals surface area (Å²) in [5, 5.41) is 9.93. The number of nitrogens with zero attached hydrogens (tertiary/aromatic N) is 5. The number of carbonyl (C=O) groups excluding carboxylic acids is 1. The molecule has 0 amide bonds. The molecule has 3 aromatic rings. The fourth-order valence-electron chi connectivity index (χ4n) is 5.52. The van der Waals surface area contributed by atoms with Crippen molar-refractivity contribution in [2.45, 2.75) is 32.1 Å². The Hall–Kier alpha value is -4.18. The molecule has 1 aliphatic carbocycles. The molecule has 0 bridgehead atoms. The van der Waals surface area contributed by atoms with Crippen LogP contribution >= 0.6 is 0 Å². The van der Waals surface area contributed by atoms with Crippen molar-refractivity contribution in [1.29, 1.82) is 0 Å². The lowest BCUT2D eigenvalue weighted by Gasteiger charge is -2.30. The molecule has 216 valence electrons. The van der Waals surface area contributed by atoms with Crippen LogP contribution in [0.15, 0.2) is 53.7 Å². The largest absolute Gasteiger partial charge is 0.494 e. The smallest absolute Gasteiger partial charge is 0.229 e. The van der Waals surface area contributed by atoms with Crippen LogP contribution in [0.2, 0.25) is 0 Å². The van der Waals surface area contributed by atoms with Gasteiger partial charge in [-0.05, 0) is 43.2 Å². The SMILES string of the molecule is CNc1cccc(N(C)c2nc(Nc3ccc(N4CCNCC4)cc3OC)ncc2/N=C(\C=O)C2CCCCC2)c1. The first-order valence-corrected chi connectivity index (χ1v) is 14.4. The average molecular weight is 557 g/mol. The zero-order valence-electron chi connectivity index (χ0n) is 24.2. The molecule has 0 radical (unpaired) electrons. The third kappa shape index (κ3) is 6.77. The van der Waals surface area contributed by atoms with Gasteiger partial charge in [0.25, 0.3) is 0 Å². The number of piperazine rings is 1. The lowest BCUT2D eigenvalue weighted by atomic mass is 9.86.